The molecule has 0 aliphatic rings. The summed E-state index contributed by atoms with van der Waals surface area (Å²) in [6, 6.07) is 0. The molecule has 0 aliphatic heterocycles. The van der Waals surface area contributed by atoms with Gasteiger partial charge in [0.15, 0.2) is 5.03 Å². The molecule has 0 aromatic carbocycles. The Hall–Kier alpha value is -1.41. The molecule has 7 nitrogen and oxygen atoms in total. The first kappa shape index (κ1) is 13.7. The highest BCUT2D eigenvalue weighted by Gasteiger charge is 2.23. The number of aromatic nitrogens is 2. The van der Waals surface area contributed by atoms with Gasteiger partial charge in [-0.25, -0.2) is 13.4 Å². The molecule has 0 amide bonds. The summed E-state index contributed by atoms with van der Waals surface area (Å²) in [7, 11) is -2.33. The second-order valence-corrected chi connectivity index (χ2v) is 5.53. The van der Waals surface area contributed by atoms with Crippen LogP contribution in [0.3, 0.4) is 0 Å². The second kappa shape index (κ2) is 5.28. The van der Waals surface area contributed by atoms with Crippen molar-refractivity contribution in [2.45, 2.75) is 24.8 Å². The van der Waals surface area contributed by atoms with Crippen LogP contribution in [0, 0.1) is 0 Å². The Morgan fingerprint density at radius 2 is 2.24 bits per heavy atom. The first-order valence-electron chi connectivity index (χ1n) is 5.10. The molecule has 0 saturated heterocycles. The minimum absolute atomic E-state index is 0.0118. The van der Waals surface area contributed by atoms with Crippen molar-refractivity contribution in [2.75, 3.05) is 13.6 Å². The zero-order valence-electron chi connectivity index (χ0n) is 9.67. The van der Waals surface area contributed by atoms with Crippen LogP contribution in [0.1, 0.15) is 19.2 Å². The van der Waals surface area contributed by atoms with Gasteiger partial charge >= 0.3 is 5.97 Å². The molecule has 1 heterocycles. The van der Waals surface area contributed by atoms with Gasteiger partial charge in [-0.1, -0.05) is 6.92 Å². The van der Waals surface area contributed by atoms with Gasteiger partial charge in [0.1, 0.15) is 5.82 Å². The van der Waals surface area contributed by atoms with Crippen LogP contribution in [0.15, 0.2) is 11.2 Å². The van der Waals surface area contributed by atoms with Crippen LogP contribution in [-0.4, -0.2) is 47.4 Å². The number of hydrogen-bond donors (Lipinski definition) is 2. The van der Waals surface area contributed by atoms with Crippen molar-refractivity contribution >= 4 is 16.0 Å². The summed E-state index contributed by atoms with van der Waals surface area (Å²) in [6.07, 6.45) is 1.62. The zero-order chi connectivity index (χ0) is 13.1. The molecule has 0 aliphatic carbocycles. The average molecular weight is 261 g/mol. The molecule has 1 aromatic heterocycles. The summed E-state index contributed by atoms with van der Waals surface area (Å²) in [5, 5.41) is 8.49. The Kier molecular flexibility index (Phi) is 4.24. The maximum Gasteiger partial charge on any atom is 0.304 e. The lowest BCUT2D eigenvalue weighted by atomic mass is 10.4. The molecule has 2 N–H and O–H groups in total. The van der Waals surface area contributed by atoms with E-state index in [0.29, 0.717) is 12.2 Å². The fourth-order valence-corrected chi connectivity index (χ4v) is 2.30. The number of H-pyrrole nitrogens is 1. The molecular formula is C9H15N3O4S. The Morgan fingerprint density at radius 1 is 1.59 bits per heavy atom. The number of aliphatic carboxylic acids is 1. The third-order valence-electron chi connectivity index (χ3n) is 2.27. The predicted molar refractivity (Wildman–Crippen MR) is 60.0 cm³/mol. The summed E-state index contributed by atoms with van der Waals surface area (Å²) < 4.78 is 24.9. The zero-order valence-corrected chi connectivity index (χ0v) is 10.5. The van der Waals surface area contributed by atoms with E-state index < -0.39 is 16.0 Å². The molecule has 0 unspecified atom stereocenters. The van der Waals surface area contributed by atoms with E-state index in [9.17, 15) is 13.2 Å². The molecule has 0 fully saturated rings. The number of sulfonamides is 1. The quantitative estimate of drug-likeness (QED) is 0.754. The number of carboxylic acid groups (broad SMARTS) is 1. The van der Waals surface area contributed by atoms with Crippen LogP contribution >= 0.6 is 0 Å². The van der Waals surface area contributed by atoms with Crippen LogP contribution in [0.5, 0.6) is 0 Å². The van der Waals surface area contributed by atoms with E-state index in [-0.39, 0.29) is 18.0 Å². The van der Waals surface area contributed by atoms with Gasteiger partial charge in [-0.2, -0.15) is 4.31 Å². The molecule has 0 atom stereocenters. The van der Waals surface area contributed by atoms with E-state index >= 15 is 0 Å². The van der Waals surface area contributed by atoms with Gasteiger partial charge < -0.3 is 10.1 Å². The molecule has 17 heavy (non-hydrogen) atoms. The number of nitrogens with zero attached hydrogens (tertiary/aromatic N) is 2. The summed E-state index contributed by atoms with van der Waals surface area (Å²) in [5.41, 5.74) is 0. The maximum atomic E-state index is 11.9. The highest BCUT2D eigenvalue weighted by Crippen LogP contribution is 2.12. The van der Waals surface area contributed by atoms with Gasteiger partial charge in [-0.05, 0) is 0 Å². The smallest absolute Gasteiger partial charge is 0.304 e. The van der Waals surface area contributed by atoms with Crippen molar-refractivity contribution in [2.24, 2.45) is 0 Å². The lowest BCUT2D eigenvalue weighted by molar-refractivity contribution is -0.137. The van der Waals surface area contributed by atoms with Crippen LogP contribution in [-0.2, 0) is 21.2 Å². The second-order valence-electron chi connectivity index (χ2n) is 3.52. The van der Waals surface area contributed by atoms with Crippen molar-refractivity contribution < 1.29 is 18.3 Å². The van der Waals surface area contributed by atoms with E-state index in [2.05, 4.69) is 9.97 Å². The number of carboxylic acids is 1. The summed E-state index contributed by atoms with van der Waals surface area (Å²) in [4.78, 5) is 17.0. The van der Waals surface area contributed by atoms with Gasteiger partial charge in [0.05, 0.1) is 12.6 Å². The van der Waals surface area contributed by atoms with Crippen LogP contribution < -0.4 is 0 Å². The normalized spacial score (nSPS) is 11.9. The lowest BCUT2D eigenvalue weighted by Crippen LogP contribution is -2.29. The SMILES string of the molecule is CCc1ncc(S(=O)(=O)N(C)CCC(=O)O)[nH]1. The number of aryl methyl sites for hydroxylation is 1. The number of carbonyl (C=O) groups is 1. The summed E-state index contributed by atoms with van der Waals surface area (Å²) in [5.74, 6) is -0.457. The number of aromatic amines is 1. The lowest BCUT2D eigenvalue weighted by Gasteiger charge is -2.14. The average Bonchev–Trinajstić information content (AvgIpc) is 2.74. The standard InChI is InChI=1S/C9H15N3O4S/c1-3-7-10-6-8(11-7)17(15,16)12(2)5-4-9(13)14/h6H,3-5H2,1-2H3,(H,10,11)(H,13,14). The third-order valence-corrected chi connectivity index (χ3v) is 4.04. The fraction of sp³-hybridized carbons (Fsp3) is 0.556. The van der Waals surface area contributed by atoms with E-state index in [1.54, 1.807) is 0 Å². The van der Waals surface area contributed by atoms with Gasteiger partial charge in [0.2, 0.25) is 0 Å². The van der Waals surface area contributed by atoms with Gasteiger partial charge in [-0.15, -0.1) is 0 Å². The maximum absolute atomic E-state index is 11.9. The number of imidazole rings is 1. The van der Waals surface area contributed by atoms with Crippen LogP contribution in [0.4, 0.5) is 0 Å². The minimum atomic E-state index is -3.67. The highest BCUT2D eigenvalue weighted by atomic mass is 32.2. The number of hydrogen-bond acceptors (Lipinski definition) is 4. The van der Waals surface area contributed by atoms with Crippen molar-refractivity contribution in [1.29, 1.82) is 0 Å². The van der Waals surface area contributed by atoms with E-state index in [1.807, 2.05) is 6.92 Å². The molecule has 8 heteroatoms. The van der Waals surface area contributed by atoms with Gasteiger partial charge in [0.25, 0.3) is 10.0 Å². The number of rotatable bonds is 6. The van der Waals surface area contributed by atoms with Crippen molar-refractivity contribution in [1.82, 2.24) is 14.3 Å². The third kappa shape index (κ3) is 3.27. The minimum Gasteiger partial charge on any atom is -0.481 e. The monoisotopic (exact) mass is 261 g/mol. The summed E-state index contributed by atoms with van der Waals surface area (Å²) >= 11 is 0. The molecule has 0 bridgehead atoms. The Balaban J connectivity index is 2.83. The molecule has 0 saturated carbocycles. The summed E-state index contributed by atoms with van der Waals surface area (Å²) in [6.45, 7) is 1.78. The predicted octanol–water partition coefficient (Wildman–Crippen LogP) is 0.0673. The van der Waals surface area contributed by atoms with E-state index in [1.165, 1.54) is 13.2 Å². The molecule has 0 spiro atoms. The molecule has 96 valence electrons. The van der Waals surface area contributed by atoms with Crippen molar-refractivity contribution in [3.63, 3.8) is 0 Å². The number of nitrogens with one attached hydrogen (secondary N) is 1. The molecular weight excluding hydrogens is 246 g/mol. The van der Waals surface area contributed by atoms with E-state index in [4.69, 9.17) is 5.11 Å². The Bertz CT molecular complexity index is 494. The Labute approximate surface area is 99.5 Å². The topological polar surface area (TPSA) is 103 Å². The van der Waals surface area contributed by atoms with Crippen molar-refractivity contribution in [3.05, 3.63) is 12.0 Å². The first-order chi connectivity index (χ1) is 7.87. The van der Waals surface area contributed by atoms with Crippen LogP contribution in [0.25, 0.3) is 0 Å². The molecule has 1 aromatic rings. The van der Waals surface area contributed by atoms with Gasteiger partial charge in [0, 0.05) is 20.0 Å². The van der Waals surface area contributed by atoms with Crippen LogP contribution in [0.2, 0.25) is 0 Å². The largest absolute Gasteiger partial charge is 0.481 e. The Morgan fingerprint density at radius 3 is 2.71 bits per heavy atom. The van der Waals surface area contributed by atoms with Gasteiger partial charge in [-0.3, -0.25) is 4.79 Å². The highest BCUT2D eigenvalue weighted by molar-refractivity contribution is 7.89. The van der Waals surface area contributed by atoms with E-state index in [0.717, 1.165) is 4.31 Å². The molecule has 0 radical (unpaired) electrons. The fourth-order valence-electron chi connectivity index (χ4n) is 1.20. The molecule has 1 rings (SSSR count). The first-order valence-corrected chi connectivity index (χ1v) is 6.54. The van der Waals surface area contributed by atoms with Crippen molar-refractivity contribution in [3.8, 4) is 0 Å².